The van der Waals surface area contributed by atoms with Crippen molar-refractivity contribution in [3.05, 3.63) is 54.9 Å². The van der Waals surface area contributed by atoms with Crippen LogP contribution in [0.3, 0.4) is 0 Å². The Balaban J connectivity index is 1.82. The first-order chi connectivity index (χ1) is 15.3. The van der Waals surface area contributed by atoms with E-state index in [0.717, 1.165) is 12.8 Å². The van der Waals surface area contributed by atoms with E-state index in [1.165, 1.54) is 17.6 Å². The normalized spacial score (nSPS) is 12.2. The van der Waals surface area contributed by atoms with Crippen molar-refractivity contribution in [2.45, 2.75) is 59.4 Å². The number of rotatable bonds is 9. The molecule has 2 heterocycles. The number of ether oxygens (including phenoxy) is 2. The first-order valence-electron chi connectivity index (χ1n) is 10.3. The molecule has 3 rings (SSSR count). The number of aromatic amines is 1. The number of carbonyl (C=O) groups is 1. The summed E-state index contributed by atoms with van der Waals surface area (Å²) in [7, 11) is 0. The summed E-state index contributed by atoms with van der Waals surface area (Å²) in [5, 5.41) is 0.720. The number of aryl methyl sites for hydroxylation is 2. The molecule has 1 aromatic carbocycles. The number of fused-ring (bicyclic) bond motifs is 1. The predicted octanol–water partition coefficient (Wildman–Crippen LogP) is 3.52. The van der Waals surface area contributed by atoms with Crippen molar-refractivity contribution in [3.63, 3.8) is 0 Å². The Labute approximate surface area is 193 Å². The van der Waals surface area contributed by atoms with Crippen molar-refractivity contribution in [2.24, 2.45) is 0 Å². The van der Waals surface area contributed by atoms with E-state index in [1.807, 2.05) is 13.8 Å². The van der Waals surface area contributed by atoms with Gasteiger partial charge in [-0.2, -0.15) is 0 Å². The van der Waals surface area contributed by atoms with Gasteiger partial charge in [0.1, 0.15) is 18.2 Å². The highest BCUT2D eigenvalue weighted by Gasteiger charge is 2.22. The maximum absolute atomic E-state index is 12.5. The van der Waals surface area contributed by atoms with Crippen LogP contribution in [-0.2, 0) is 29.2 Å². The molecule has 0 aliphatic carbocycles. The lowest BCUT2D eigenvalue weighted by atomic mass is 10.3. The summed E-state index contributed by atoms with van der Waals surface area (Å²) in [5.74, 6) is 0.0183. The van der Waals surface area contributed by atoms with E-state index in [4.69, 9.17) is 32.7 Å². The van der Waals surface area contributed by atoms with Crippen LogP contribution in [0.5, 0.6) is 5.75 Å². The van der Waals surface area contributed by atoms with Crippen molar-refractivity contribution in [1.82, 2.24) is 19.1 Å². The quantitative estimate of drug-likeness (QED) is 0.467. The summed E-state index contributed by atoms with van der Waals surface area (Å²) in [6.45, 7) is 6.01. The van der Waals surface area contributed by atoms with E-state index >= 15 is 0 Å². The van der Waals surface area contributed by atoms with Gasteiger partial charge in [0, 0.05) is 18.1 Å². The number of halogens is 2. The van der Waals surface area contributed by atoms with Crippen molar-refractivity contribution in [1.29, 1.82) is 0 Å². The van der Waals surface area contributed by atoms with E-state index in [-0.39, 0.29) is 22.8 Å². The van der Waals surface area contributed by atoms with E-state index in [0.29, 0.717) is 29.7 Å². The first kappa shape index (κ1) is 23.9. The van der Waals surface area contributed by atoms with Gasteiger partial charge in [-0.1, -0.05) is 36.5 Å². The molecule has 0 bridgehead atoms. The Kier molecular flexibility index (Phi) is 7.63. The number of esters is 1. The molecule has 0 aliphatic heterocycles. The molecular weight excluding hydrogens is 459 g/mol. The highest BCUT2D eigenvalue weighted by atomic mass is 35.5. The Morgan fingerprint density at radius 2 is 1.97 bits per heavy atom. The maximum Gasteiger partial charge on any atom is 0.347 e. The predicted molar refractivity (Wildman–Crippen MR) is 122 cm³/mol. The smallest absolute Gasteiger partial charge is 0.347 e. The van der Waals surface area contributed by atoms with E-state index in [1.54, 1.807) is 16.7 Å². The largest absolute Gasteiger partial charge is 0.477 e. The average Bonchev–Trinajstić information content (AvgIpc) is 3.12. The topological polar surface area (TPSA) is 108 Å². The number of nitrogens with one attached hydrogen (secondary N) is 1. The van der Waals surface area contributed by atoms with Crippen LogP contribution in [0.15, 0.2) is 27.8 Å². The number of aromatic nitrogens is 4. The molecule has 9 nitrogen and oxygen atoms in total. The molecule has 0 fully saturated rings. The third-order valence-electron chi connectivity index (χ3n) is 4.89. The number of unbranched alkanes of at least 4 members (excludes halogenated alkanes) is 1. The maximum atomic E-state index is 12.5. The molecule has 0 spiro atoms. The molecule has 1 atom stereocenters. The van der Waals surface area contributed by atoms with Crippen molar-refractivity contribution in [3.8, 4) is 5.75 Å². The Morgan fingerprint density at radius 3 is 2.62 bits per heavy atom. The summed E-state index contributed by atoms with van der Waals surface area (Å²) < 4.78 is 14.0. The molecule has 0 saturated heterocycles. The number of H-pyrrole nitrogens is 1. The van der Waals surface area contributed by atoms with Gasteiger partial charge in [-0.05, 0) is 38.5 Å². The van der Waals surface area contributed by atoms with Crippen LogP contribution in [0.25, 0.3) is 11.2 Å². The highest BCUT2D eigenvalue weighted by molar-refractivity contribution is 6.35. The van der Waals surface area contributed by atoms with Crippen LogP contribution >= 0.6 is 23.2 Å². The van der Waals surface area contributed by atoms with E-state index < -0.39 is 23.3 Å². The minimum absolute atomic E-state index is 0.190. The molecule has 0 amide bonds. The van der Waals surface area contributed by atoms with Crippen LogP contribution in [-0.4, -0.2) is 31.2 Å². The second kappa shape index (κ2) is 10.2. The fraction of sp³-hybridized carbons (Fsp3) is 0.429. The standard InChI is InChI=1S/C21H24Cl2N4O5/c1-4-6-9-27-18-17(19(28)25-21(27)30)26(5-2)16(24-18)11-31-20(29)12(3)32-15-8-7-13(22)10-14(15)23/h7-8,10,12H,4-6,9,11H2,1-3H3,(H,25,28,30). The van der Waals surface area contributed by atoms with Crippen molar-refractivity contribution in [2.75, 3.05) is 0 Å². The van der Waals surface area contributed by atoms with Crippen molar-refractivity contribution < 1.29 is 14.3 Å². The van der Waals surface area contributed by atoms with Crippen LogP contribution < -0.4 is 16.0 Å². The molecule has 3 aromatic rings. The van der Waals surface area contributed by atoms with Gasteiger partial charge < -0.3 is 14.0 Å². The molecule has 0 aliphatic rings. The van der Waals surface area contributed by atoms with Gasteiger partial charge >= 0.3 is 11.7 Å². The zero-order valence-corrected chi connectivity index (χ0v) is 19.5. The van der Waals surface area contributed by atoms with Crippen LogP contribution in [0.2, 0.25) is 10.0 Å². The molecule has 1 N–H and O–H groups in total. The number of imidazole rings is 1. The lowest BCUT2D eigenvalue weighted by Crippen LogP contribution is -2.31. The minimum Gasteiger partial charge on any atom is -0.477 e. The molecule has 2 aromatic heterocycles. The molecule has 11 heteroatoms. The third kappa shape index (κ3) is 4.99. The van der Waals surface area contributed by atoms with Gasteiger partial charge in [0.2, 0.25) is 0 Å². The van der Waals surface area contributed by atoms with Gasteiger partial charge in [-0.25, -0.2) is 14.6 Å². The molecule has 0 saturated carbocycles. The summed E-state index contributed by atoms with van der Waals surface area (Å²) in [4.78, 5) is 44.0. The minimum atomic E-state index is -0.945. The number of benzene rings is 1. The van der Waals surface area contributed by atoms with Gasteiger partial charge in [0.05, 0.1) is 5.02 Å². The Morgan fingerprint density at radius 1 is 1.22 bits per heavy atom. The van der Waals surface area contributed by atoms with Crippen LogP contribution in [0.1, 0.15) is 39.4 Å². The Hall–Kier alpha value is -2.78. The summed E-state index contributed by atoms with van der Waals surface area (Å²) in [5.41, 5.74) is -0.496. The van der Waals surface area contributed by atoms with Gasteiger partial charge in [-0.15, -0.1) is 0 Å². The molecule has 172 valence electrons. The van der Waals surface area contributed by atoms with Gasteiger partial charge in [0.25, 0.3) is 5.56 Å². The van der Waals surface area contributed by atoms with Gasteiger partial charge in [-0.3, -0.25) is 14.3 Å². The molecular formula is C21H24Cl2N4O5. The van der Waals surface area contributed by atoms with Crippen LogP contribution in [0.4, 0.5) is 0 Å². The lowest BCUT2D eigenvalue weighted by Gasteiger charge is -2.15. The summed E-state index contributed by atoms with van der Waals surface area (Å²) in [6, 6.07) is 4.67. The number of nitrogens with zero attached hydrogens (tertiary/aromatic N) is 3. The van der Waals surface area contributed by atoms with Crippen molar-refractivity contribution >= 4 is 40.3 Å². The number of carbonyl (C=O) groups excluding carboxylic acids is 1. The van der Waals surface area contributed by atoms with E-state index in [2.05, 4.69) is 9.97 Å². The number of hydrogen-bond donors (Lipinski definition) is 1. The summed E-state index contributed by atoms with van der Waals surface area (Å²) >= 11 is 11.9. The first-order valence-corrected chi connectivity index (χ1v) is 11.0. The Bertz CT molecular complexity index is 1250. The zero-order valence-electron chi connectivity index (χ0n) is 18.0. The second-order valence-electron chi connectivity index (χ2n) is 7.15. The third-order valence-corrected chi connectivity index (χ3v) is 5.42. The average molecular weight is 483 g/mol. The molecule has 1 unspecified atom stereocenters. The fourth-order valence-electron chi connectivity index (χ4n) is 3.25. The van der Waals surface area contributed by atoms with Gasteiger partial charge in [0.15, 0.2) is 17.3 Å². The SMILES string of the molecule is CCCCn1c(=O)[nH]c(=O)c2c1nc(COC(=O)C(C)Oc1ccc(Cl)cc1Cl)n2CC. The monoisotopic (exact) mass is 482 g/mol. The fourth-order valence-corrected chi connectivity index (χ4v) is 3.71. The zero-order chi connectivity index (χ0) is 23.4. The second-order valence-corrected chi connectivity index (χ2v) is 8.00. The number of hydrogen-bond acceptors (Lipinski definition) is 6. The lowest BCUT2D eigenvalue weighted by molar-refractivity contribution is -0.152. The van der Waals surface area contributed by atoms with Crippen LogP contribution in [0, 0.1) is 0 Å². The highest BCUT2D eigenvalue weighted by Crippen LogP contribution is 2.28. The molecule has 32 heavy (non-hydrogen) atoms. The molecule has 0 radical (unpaired) electrons. The van der Waals surface area contributed by atoms with E-state index in [9.17, 15) is 14.4 Å². The summed E-state index contributed by atoms with van der Waals surface area (Å²) in [6.07, 6.45) is 0.688.